The largest absolute Gasteiger partial charge is 0.390 e. The van der Waals surface area contributed by atoms with E-state index in [1.807, 2.05) is 18.5 Å². The Hall–Kier alpha value is -1.57. The average Bonchev–Trinajstić information content (AvgIpc) is 2.84. The molecular formula is C14H23F3N4O. The monoisotopic (exact) mass is 320 g/mol. The van der Waals surface area contributed by atoms with Crippen LogP contribution in [-0.4, -0.2) is 40.8 Å². The van der Waals surface area contributed by atoms with E-state index in [1.165, 1.54) is 0 Å². The predicted molar refractivity (Wildman–Crippen MR) is 77.3 cm³/mol. The first-order chi connectivity index (χ1) is 10.3. The molecule has 1 aromatic heterocycles. The summed E-state index contributed by atoms with van der Waals surface area (Å²) < 4.78 is 38.1. The SMILES string of the molecule is CCC(CNC(=O)CCc1cncn1C)NCCC(F)(F)F. The number of imidazole rings is 1. The Bertz CT molecular complexity index is 459. The lowest BCUT2D eigenvalue weighted by Crippen LogP contribution is -2.41. The summed E-state index contributed by atoms with van der Waals surface area (Å²) in [5.74, 6) is -0.114. The van der Waals surface area contributed by atoms with Crippen LogP contribution in [0.3, 0.4) is 0 Å². The molecule has 8 heteroatoms. The van der Waals surface area contributed by atoms with Crippen molar-refractivity contribution in [2.45, 2.75) is 44.8 Å². The summed E-state index contributed by atoms with van der Waals surface area (Å²) in [5.41, 5.74) is 0.963. The van der Waals surface area contributed by atoms with Gasteiger partial charge in [-0.2, -0.15) is 13.2 Å². The molecule has 5 nitrogen and oxygen atoms in total. The first kappa shape index (κ1) is 18.5. The zero-order valence-corrected chi connectivity index (χ0v) is 12.9. The maximum atomic E-state index is 12.1. The summed E-state index contributed by atoms with van der Waals surface area (Å²) in [5, 5.41) is 5.56. The molecule has 0 saturated carbocycles. The van der Waals surface area contributed by atoms with Crippen LogP contribution in [0.5, 0.6) is 0 Å². The molecule has 2 N–H and O–H groups in total. The van der Waals surface area contributed by atoms with Gasteiger partial charge in [0.1, 0.15) is 0 Å². The first-order valence-electron chi connectivity index (χ1n) is 7.34. The molecule has 0 fully saturated rings. The highest BCUT2D eigenvalue weighted by Crippen LogP contribution is 2.18. The minimum absolute atomic E-state index is 0.114. The third-order valence-electron chi connectivity index (χ3n) is 3.40. The van der Waals surface area contributed by atoms with Crippen molar-refractivity contribution in [1.29, 1.82) is 0 Å². The fourth-order valence-corrected chi connectivity index (χ4v) is 1.97. The van der Waals surface area contributed by atoms with Crippen molar-refractivity contribution in [3.8, 4) is 0 Å². The standard InChI is InChI=1S/C14H23F3N4O/c1-3-11(19-7-6-14(15,16)17)8-20-13(22)5-4-12-9-18-10-21(12)2/h9-11,19H,3-8H2,1-2H3,(H,20,22). The maximum absolute atomic E-state index is 12.1. The van der Waals surface area contributed by atoms with Crippen LogP contribution in [0, 0.1) is 0 Å². The van der Waals surface area contributed by atoms with E-state index in [0.717, 1.165) is 5.69 Å². The molecule has 1 heterocycles. The van der Waals surface area contributed by atoms with Crippen molar-refractivity contribution in [3.05, 3.63) is 18.2 Å². The number of aromatic nitrogens is 2. The van der Waals surface area contributed by atoms with Gasteiger partial charge in [-0.05, 0) is 12.8 Å². The molecule has 22 heavy (non-hydrogen) atoms. The van der Waals surface area contributed by atoms with Crippen LogP contribution < -0.4 is 10.6 Å². The van der Waals surface area contributed by atoms with Crippen molar-refractivity contribution in [2.75, 3.05) is 13.1 Å². The van der Waals surface area contributed by atoms with Gasteiger partial charge in [0.15, 0.2) is 0 Å². The molecule has 0 radical (unpaired) electrons. The Morgan fingerprint density at radius 1 is 1.45 bits per heavy atom. The minimum Gasteiger partial charge on any atom is -0.355 e. The fraction of sp³-hybridized carbons (Fsp3) is 0.714. The van der Waals surface area contributed by atoms with E-state index < -0.39 is 12.6 Å². The van der Waals surface area contributed by atoms with E-state index in [0.29, 0.717) is 25.8 Å². The second-order valence-electron chi connectivity index (χ2n) is 5.22. The number of aryl methyl sites for hydroxylation is 2. The third kappa shape index (κ3) is 7.44. The molecule has 1 rings (SSSR count). The molecule has 1 atom stereocenters. The summed E-state index contributed by atoms with van der Waals surface area (Å²) in [7, 11) is 1.86. The van der Waals surface area contributed by atoms with Gasteiger partial charge in [0.2, 0.25) is 5.91 Å². The lowest BCUT2D eigenvalue weighted by atomic mass is 10.2. The second kappa shape index (κ2) is 8.77. The Balaban J connectivity index is 2.21. The van der Waals surface area contributed by atoms with E-state index >= 15 is 0 Å². The number of hydrogen-bond acceptors (Lipinski definition) is 3. The van der Waals surface area contributed by atoms with E-state index in [4.69, 9.17) is 0 Å². The van der Waals surface area contributed by atoms with Crippen LogP contribution in [0.25, 0.3) is 0 Å². The number of carbonyl (C=O) groups is 1. The highest BCUT2D eigenvalue weighted by atomic mass is 19.4. The Morgan fingerprint density at radius 3 is 2.73 bits per heavy atom. The molecule has 126 valence electrons. The highest BCUT2D eigenvalue weighted by Gasteiger charge is 2.26. The Morgan fingerprint density at radius 2 is 2.18 bits per heavy atom. The van der Waals surface area contributed by atoms with Crippen LogP contribution in [-0.2, 0) is 18.3 Å². The number of carbonyl (C=O) groups excluding carboxylic acids is 1. The lowest BCUT2D eigenvalue weighted by molar-refractivity contribution is -0.133. The first-order valence-corrected chi connectivity index (χ1v) is 7.34. The number of nitrogens with one attached hydrogen (secondary N) is 2. The van der Waals surface area contributed by atoms with Gasteiger partial charge in [0.05, 0.1) is 12.7 Å². The van der Waals surface area contributed by atoms with Crippen molar-refractivity contribution in [3.63, 3.8) is 0 Å². The number of nitrogens with zero attached hydrogens (tertiary/aromatic N) is 2. The van der Waals surface area contributed by atoms with Gasteiger partial charge >= 0.3 is 6.18 Å². The number of rotatable bonds is 9. The summed E-state index contributed by atoms with van der Waals surface area (Å²) in [6.45, 7) is 2.07. The molecule has 0 aromatic carbocycles. The lowest BCUT2D eigenvalue weighted by Gasteiger charge is -2.18. The summed E-state index contributed by atoms with van der Waals surface area (Å²) in [6, 6.07) is -0.150. The minimum atomic E-state index is -4.16. The smallest absolute Gasteiger partial charge is 0.355 e. The Labute approximate surface area is 128 Å². The zero-order valence-electron chi connectivity index (χ0n) is 12.9. The molecule has 0 spiro atoms. The van der Waals surface area contributed by atoms with Crippen molar-refractivity contribution < 1.29 is 18.0 Å². The predicted octanol–water partition coefficient (Wildman–Crippen LogP) is 1.79. The van der Waals surface area contributed by atoms with Gasteiger partial charge in [-0.3, -0.25) is 4.79 Å². The van der Waals surface area contributed by atoms with Gasteiger partial charge in [-0.15, -0.1) is 0 Å². The molecule has 0 aliphatic rings. The van der Waals surface area contributed by atoms with E-state index in [1.54, 1.807) is 12.5 Å². The Kier molecular flexibility index (Phi) is 7.37. The molecule has 0 bridgehead atoms. The molecule has 1 amide bonds. The third-order valence-corrected chi connectivity index (χ3v) is 3.40. The van der Waals surface area contributed by atoms with Gasteiger partial charge < -0.3 is 15.2 Å². The van der Waals surface area contributed by atoms with Crippen LogP contribution in [0.15, 0.2) is 12.5 Å². The molecule has 1 aromatic rings. The highest BCUT2D eigenvalue weighted by molar-refractivity contribution is 5.76. The topological polar surface area (TPSA) is 59.0 Å². The van der Waals surface area contributed by atoms with Crippen molar-refractivity contribution >= 4 is 5.91 Å². The number of alkyl halides is 3. The molecular weight excluding hydrogens is 297 g/mol. The van der Waals surface area contributed by atoms with E-state index in [9.17, 15) is 18.0 Å². The van der Waals surface area contributed by atoms with Crippen molar-refractivity contribution in [1.82, 2.24) is 20.2 Å². The quantitative estimate of drug-likeness (QED) is 0.729. The van der Waals surface area contributed by atoms with Crippen LogP contribution in [0.4, 0.5) is 13.2 Å². The summed E-state index contributed by atoms with van der Waals surface area (Å²) in [6.07, 6.45) is -0.0691. The van der Waals surface area contributed by atoms with Gasteiger partial charge in [-0.1, -0.05) is 6.92 Å². The van der Waals surface area contributed by atoms with E-state index in [-0.39, 0.29) is 18.5 Å². The van der Waals surface area contributed by atoms with Gasteiger partial charge in [0.25, 0.3) is 0 Å². The maximum Gasteiger partial charge on any atom is 0.390 e. The normalized spacial score (nSPS) is 13.1. The fourth-order valence-electron chi connectivity index (χ4n) is 1.97. The molecule has 0 aliphatic heterocycles. The van der Waals surface area contributed by atoms with Crippen LogP contribution in [0.1, 0.15) is 31.9 Å². The number of halogens is 3. The van der Waals surface area contributed by atoms with Gasteiger partial charge in [-0.25, -0.2) is 4.98 Å². The van der Waals surface area contributed by atoms with Gasteiger partial charge in [0, 0.05) is 44.5 Å². The summed E-state index contributed by atoms with van der Waals surface area (Å²) in [4.78, 5) is 15.7. The molecule has 0 saturated heterocycles. The molecule has 1 unspecified atom stereocenters. The molecule has 0 aliphatic carbocycles. The van der Waals surface area contributed by atoms with E-state index in [2.05, 4.69) is 15.6 Å². The second-order valence-corrected chi connectivity index (χ2v) is 5.22. The van der Waals surface area contributed by atoms with Crippen molar-refractivity contribution in [2.24, 2.45) is 7.05 Å². The summed E-state index contributed by atoms with van der Waals surface area (Å²) >= 11 is 0. The average molecular weight is 320 g/mol. The zero-order chi connectivity index (χ0) is 16.6. The number of amides is 1. The van der Waals surface area contributed by atoms with Crippen LogP contribution in [0.2, 0.25) is 0 Å². The van der Waals surface area contributed by atoms with Crippen LogP contribution >= 0.6 is 0 Å². The number of hydrogen-bond donors (Lipinski definition) is 2.